The van der Waals surface area contributed by atoms with Gasteiger partial charge in [0.05, 0.1) is 6.20 Å². The average Bonchev–Trinajstić information content (AvgIpc) is 2.75. The Hall–Kier alpha value is -1.97. The summed E-state index contributed by atoms with van der Waals surface area (Å²) < 4.78 is 1.94. The lowest BCUT2D eigenvalue weighted by Crippen LogP contribution is -1.99. The minimum absolute atomic E-state index is 0.275. The first-order chi connectivity index (χ1) is 8.28. The molecule has 0 spiro atoms. The molecule has 2 aromatic rings. The lowest BCUT2D eigenvalue weighted by Gasteiger charge is -2.04. The smallest absolute Gasteiger partial charge is 0.117 e. The minimum atomic E-state index is 0.275. The highest BCUT2D eigenvalue weighted by molar-refractivity contribution is 5.47. The zero-order valence-corrected chi connectivity index (χ0v) is 9.93. The second-order valence-corrected chi connectivity index (χ2v) is 4.02. The topological polar surface area (TPSA) is 50.1 Å². The second kappa shape index (κ2) is 5.39. The van der Waals surface area contributed by atoms with Crippen molar-refractivity contribution in [1.29, 1.82) is 0 Å². The van der Waals surface area contributed by atoms with Gasteiger partial charge < -0.3 is 10.4 Å². The van der Waals surface area contributed by atoms with Crippen LogP contribution in [0.15, 0.2) is 36.7 Å². The fourth-order valence-corrected chi connectivity index (χ4v) is 1.67. The number of anilines is 1. The number of benzene rings is 1. The predicted octanol–water partition coefficient (Wildman–Crippen LogP) is 2.61. The summed E-state index contributed by atoms with van der Waals surface area (Å²) in [5.41, 5.74) is 2.05. The highest BCUT2D eigenvalue weighted by Crippen LogP contribution is 2.16. The average molecular weight is 231 g/mol. The van der Waals surface area contributed by atoms with E-state index in [0.717, 1.165) is 24.2 Å². The van der Waals surface area contributed by atoms with Crippen molar-refractivity contribution >= 4 is 5.69 Å². The van der Waals surface area contributed by atoms with Gasteiger partial charge in [-0.05, 0) is 18.6 Å². The highest BCUT2D eigenvalue weighted by Gasteiger charge is 1.98. The van der Waals surface area contributed by atoms with Crippen LogP contribution in [0.1, 0.15) is 18.9 Å². The van der Waals surface area contributed by atoms with Crippen LogP contribution in [0.4, 0.5) is 5.69 Å². The molecular weight excluding hydrogens is 214 g/mol. The van der Waals surface area contributed by atoms with Crippen molar-refractivity contribution < 1.29 is 5.11 Å². The molecule has 0 bridgehead atoms. The lowest BCUT2D eigenvalue weighted by molar-refractivity contribution is 0.475. The van der Waals surface area contributed by atoms with E-state index in [4.69, 9.17) is 0 Å². The van der Waals surface area contributed by atoms with E-state index in [1.54, 1.807) is 12.1 Å². The van der Waals surface area contributed by atoms with Gasteiger partial charge in [0.2, 0.25) is 0 Å². The molecule has 0 fully saturated rings. The maximum atomic E-state index is 9.33. The van der Waals surface area contributed by atoms with Crippen molar-refractivity contribution in [3.05, 3.63) is 42.2 Å². The van der Waals surface area contributed by atoms with Gasteiger partial charge in [-0.2, -0.15) is 5.10 Å². The van der Waals surface area contributed by atoms with Gasteiger partial charge in [0.25, 0.3) is 0 Å². The molecule has 0 aliphatic carbocycles. The van der Waals surface area contributed by atoms with Gasteiger partial charge in [-0.3, -0.25) is 4.68 Å². The molecule has 0 unspecified atom stereocenters. The number of aromatic hydroxyl groups is 1. The maximum absolute atomic E-state index is 9.33. The van der Waals surface area contributed by atoms with Crippen molar-refractivity contribution in [2.24, 2.45) is 0 Å². The van der Waals surface area contributed by atoms with E-state index >= 15 is 0 Å². The van der Waals surface area contributed by atoms with E-state index in [1.165, 1.54) is 0 Å². The van der Waals surface area contributed by atoms with E-state index in [1.807, 2.05) is 29.2 Å². The van der Waals surface area contributed by atoms with Crippen LogP contribution in [0, 0.1) is 0 Å². The molecule has 4 heteroatoms. The van der Waals surface area contributed by atoms with Crippen LogP contribution in [0.25, 0.3) is 0 Å². The molecule has 0 radical (unpaired) electrons. The molecule has 0 aliphatic rings. The van der Waals surface area contributed by atoms with Gasteiger partial charge in [0.15, 0.2) is 0 Å². The van der Waals surface area contributed by atoms with Crippen LogP contribution in [0.5, 0.6) is 5.75 Å². The molecule has 4 nitrogen and oxygen atoms in total. The predicted molar refractivity (Wildman–Crippen MR) is 68.0 cm³/mol. The molecule has 0 saturated heterocycles. The van der Waals surface area contributed by atoms with E-state index in [2.05, 4.69) is 17.3 Å². The zero-order valence-electron chi connectivity index (χ0n) is 9.93. The summed E-state index contributed by atoms with van der Waals surface area (Å²) in [7, 11) is 0. The summed E-state index contributed by atoms with van der Waals surface area (Å²) >= 11 is 0. The fourth-order valence-electron chi connectivity index (χ4n) is 1.67. The van der Waals surface area contributed by atoms with Gasteiger partial charge >= 0.3 is 0 Å². The van der Waals surface area contributed by atoms with Crippen molar-refractivity contribution in [2.45, 2.75) is 26.4 Å². The van der Waals surface area contributed by atoms with Gasteiger partial charge in [0.1, 0.15) is 5.75 Å². The summed E-state index contributed by atoms with van der Waals surface area (Å²) in [5.74, 6) is 0.275. The second-order valence-electron chi connectivity index (χ2n) is 4.02. The van der Waals surface area contributed by atoms with E-state index < -0.39 is 0 Å². The number of rotatable bonds is 5. The van der Waals surface area contributed by atoms with Crippen LogP contribution < -0.4 is 5.32 Å². The van der Waals surface area contributed by atoms with Crippen LogP contribution in [0.2, 0.25) is 0 Å². The van der Waals surface area contributed by atoms with E-state index in [9.17, 15) is 5.11 Å². The third-order valence-electron chi connectivity index (χ3n) is 2.48. The molecule has 1 aromatic carbocycles. The summed E-state index contributed by atoms with van der Waals surface area (Å²) in [6.07, 6.45) is 4.99. The Morgan fingerprint density at radius 2 is 2.29 bits per heavy atom. The van der Waals surface area contributed by atoms with Crippen molar-refractivity contribution in [2.75, 3.05) is 5.32 Å². The van der Waals surface area contributed by atoms with Gasteiger partial charge in [0, 0.05) is 36.6 Å². The van der Waals surface area contributed by atoms with Crippen molar-refractivity contribution in [3.8, 4) is 5.75 Å². The van der Waals surface area contributed by atoms with Crippen molar-refractivity contribution in [3.63, 3.8) is 0 Å². The largest absolute Gasteiger partial charge is 0.508 e. The van der Waals surface area contributed by atoms with Gasteiger partial charge in [-0.15, -0.1) is 0 Å². The Labute approximate surface area is 101 Å². The zero-order chi connectivity index (χ0) is 12.1. The van der Waals surface area contributed by atoms with Gasteiger partial charge in [-0.1, -0.05) is 13.0 Å². The maximum Gasteiger partial charge on any atom is 0.117 e. The summed E-state index contributed by atoms with van der Waals surface area (Å²) in [4.78, 5) is 0. The standard InChI is InChI=1S/C13H17N3O/c1-2-6-16-10-11(9-15-16)8-14-12-4-3-5-13(17)7-12/h3-5,7,9-10,14,17H,2,6,8H2,1H3. The highest BCUT2D eigenvalue weighted by atomic mass is 16.3. The molecule has 1 heterocycles. The molecule has 1 aromatic heterocycles. The third kappa shape index (κ3) is 3.24. The SMILES string of the molecule is CCCn1cc(CNc2cccc(O)c2)cn1. The van der Waals surface area contributed by atoms with E-state index in [-0.39, 0.29) is 5.75 Å². The molecule has 2 rings (SSSR count). The Kier molecular flexibility index (Phi) is 3.65. The lowest BCUT2D eigenvalue weighted by atomic mass is 10.3. The van der Waals surface area contributed by atoms with Gasteiger partial charge in [-0.25, -0.2) is 0 Å². The number of aryl methyl sites for hydroxylation is 1. The number of nitrogens with one attached hydrogen (secondary N) is 1. The van der Waals surface area contributed by atoms with Crippen LogP contribution in [0.3, 0.4) is 0 Å². The van der Waals surface area contributed by atoms with E-state index in [0.29, 0.717) is 6.54 Å². The Morgan fingerprint density at radius 1 is 1.41 bits per heavy atom. The molecule has 0 atom stereocenters. The summed E-state index contributed by atoms with van der Waals surface area (Å²) in [6.45, 7) is 3.80. The first-order valence-corrected chi connectivity index (χ1v) is 5.82. The molecule has 0 aliphatic heterocycles. The molecule has 90 valence electrons. The first-order valence-electron chi connectivity index (χ1n) is 5.82. The number of hydrogen-bond donors (Lipinski definition) is 2. The molecule has 17 heavy (non-hydrogen) atoms. The van der Waals surface area contributed by atoms with Crippen LogP contribution in [-0.4, -0.2) is 14.9 Å². The quantitative estimate of drug-likeness (QED) is 0.831. The molecular formula is C13H17N3O. The fraction of sp³-hybridized carbons (Fsp3) is 0.308. The Balaban J connectivity index is 1.93. The molecule has 2 N–H and O–H groups in total. The third-order valence-corrected chi connectivity index (χ3v) is 2.48. The monoisotopic (exact) mass is 231 g/mol. The molecule has 0 saturated carbocycles. The summed E-state index contributed by atoms with van der Waals surface area (Å²) in [5, 5.41) is 16.8. The number of hydrogen-bond acceptors (Lipinski definition) is 3. The number of phenols is 1. The van der Waals surface area contributed by atoms with Crippen molar-refractivity contribution in [1.82, 2.24) is 9.78 Å². The number of phenolic OH excluding ortho intramolecular Hbond substituents is 1. The van der Waals surface area contributed by atoms with Crippen LogP contribution >= 0.6 is 0 Å². The normalized spacial score (nSPS) is 10.4. The minimum Gasteiger partial charge on any atom is -0.508 e. The summed E-state index contributed by atoms with van der Waals surface area (Å²) in [6, 6.07) is 7.11. The Bertz CT molecular complexity index is 479. The Morgan fingerprint density at radius 3 is 3.06 bits per heavy atom. The number of aromatic nitrogens is 2. The molecule has 0 amide bonds. The first kappa shape index (κ1) is 11.5. The van der Waals surface area contributed by atoms with Crippen LogP contribution in [-0.2, 0) is 13.1 Å². The number of nitrogens with zero attached hydrogens (tertiary/aromatic N) is 2.